The van der Waals surface area contributed by atoms with Crippen LogP contribution >= 0.6 is 0 Å². The van der Waals surface area contributed by atoms with Crippen LogP contribution in [0.3, 0.4) is 0 Å². The van der Waals surface area contributed by atoms with Crippen molar-refractivity contribution in [2.24, 2.45) is 5.73 Å². The highest BCUT2D eigenvalue weighted by Crippen LogP contribution is 2.27. The summed E-state index contributed by atoms with van der Waals surface area (Å²) in [6, 6.07) is 1.95. The Bertz CT molecular complexity index is 569. The highest BCUT2D eigenvalue weighted by Gasteiger charge is 2.19. The maximum atomic E-state index is 13.6. The molecule has 4 nitrogen and oxygen atoms in total. The average molecular weight is 257 g/mol. The average Bonchev–Trinajstić information content (AvgIpc) is 2.80. The summed E-state index contributed by atoms with van der Waals surface area (Å²) in [7, 11) is 0. The Morgan fingerprint density at radius 3 is 2.67 bits per heavy atom. The van der Waals surface area contributed by atoms with Gasteiger partial charge < -0.3 is 10.3 Å². The predicted octanol–water partition coefficient (Wildman–Crippen LogP) is 2.50. The quantitative estimate of drug-likeness (QED) is 0.917. The molecule has 1 heterocycles. The van der Waals surface area contributed by atoms with E-state index in [0.29, 0.717) is 0 Å². The number of aromatic nitrogens is 2. The van der Waals surface area contributed by atoms with Crippen molar-refractivity contribution >= 4 is 0 Å². The van der Waals surface area contributed by atoms with Crippen molar-refractivity contribution in [2.45, 2.75) is 19.6 Å². The van der Waals surface area contributed by atoms with Crippen LogP contribution in [0.5, 0.6) is 0 Å². The molecule has 0 aliphatic heterocycles. The number of hydrogen-bond donors (Lipinski definition) is 1. The van der Waals surface area contributed by atoms with E-state index in [-0.39, 0.29) is 29.4 Å². The van der Waals surface area contributed by atoms with Crippen molar-refractivity contribution in [2.75, 3.05) is 0 Å². The minimum atomic E-state index is -1.43. The van der Waals surface area contributed by atoms with Crippen molar-refractivity contribution in [3.63, 3.8) is 0 Å². The van der Waals surface area contributed by atoms with Crippen LogP contribution in [0.15, 0.2) is 16.7 Å². The zero-order chi connectivity index (χ0) is 13.3. The second kappa shape index (κ2) is 4.77. The van der Waals surface area contributed by atoms with E-state index in [9.17, 15) is 13.2 Å². The second-order valence-corrected chi connectivity index (χ2v) is 3.70. The largest absolute Gasteiger partial charge is 0.338 e. The minimum Gasteiger partial charge on any atom is -0.338 e. The van der Waals surface area contributed by atoms with Crippen LogP contribution in [-0.2, 0) is 6.54 Å². The number of benzene rings is 1. The number of halogens is 3. The Morgan fingerprint density at radius 2 is 2.11 bits per heavy atom. The third-order valence-corrected chi connectivity index (χ3v) is 2.39. The predicted molar refractivity (Wildman–Crippen MR) is 57.1 cm³/mol. The minimum absolute atomic E-state index is 0.00278. The van der Waals surface area contributed by atoms with Gasteiger partial charge in [0.05, 0.1) is 12.1 Å². The first-order chi connectivity index (χ1) is 8.52. The number of nitrogens with two attached hydrogens (primary N) is 1. The Kier molecular flexibility index (Phi) is 3.33. The van der Waals surface area contributed by atoms with Crippen molar-refractivity contribution in [1.82, 2.24) is 10.1 Å². The van der Waals surface area contributed by atoms with Crippen LogP contribution in [0.4, 0.5) is 13.2 Å². The molecular weight excluding hydrogens is 247 g/mol. The molecule has 0 fully saturated rings. The third kappa shape index (κ3) is 2.21. The van der Waals surface area contributed by atoms with Gasteiger partial charge in [0.2, 0.25) is 11.7 Å². The Balaban J connectivity index is 2.55. The van der Waals surface area contributed by atoms with E-state index in [1.54, 1.807) is 0 Å². The smallest absolute Gasteiger partial charge is 0.240 e. The number of hydrogen-bond acceptors (Lipinski definition) is 4. The summed E-state index contributed by atoms with van der Waals surface area (Å²) in [5.41, 5.74) is 5.01. The second-order valence-electron chi connectivity index (χ2n) is 3.70. The summed E-state index contributed by atoms with van der Waals surface area (Å²) in [4.78, 5) is 3.77. The zero-order valence-electron chi connectivity index (χ0n) is 9.45. The van der Waals surface area contributed by atoms with E-state index < -0.39 is 17.8 Å². The Hall–Kier alpha value is -1.89. The molecule has 0 amide bonds. The van der Waals surface area contributed by atoms with Gasteiger partial charge in [0.1, 0.15) is 6.17 Å². The summed E-state index contributed by atoms with van der Waals surface area (Å²) >= 11 is 0. The molecule has 1 aromatic heterocycles. The fourth-order valence-corrected chi connectivity index (χ4v) is 1.45. The standard InChI is InChI=1S/C11H10F3N3O/c1-5(12)6-2-7(10(14)8(13)3-6)11-16-9(4-15)18-17-11/h2-3,5H,4,15H2,1H3. The molecule has 2 aromatic rings. The summed E-state index contributed by atoms with van der Waals surface area (Å²) in [5, 5.41) is 3.46. The topological polar surface area (TPSA) is 64.9 Å². The zero-order valence-corrected chi connectivity index (χ0v) is 9.45. The molecule has 18 heavy (non-hydrogen) atoms. The van der Waals surface area contributed by atoms with Gasteiger partial charge >= 0.3 is 0 Å². The molecule has 7 heteroatoms. The molecule has 0 aliphatic carbocycles. The third-order valence-electron chi connectivity index (χ3n) is 2.39. The van der Waals surface area contributed by atoms with Crippen molar-refractivity contribution in [3.05, 3.63) is 35.2 Å². The molecule has 0 saturated heterocycles. The molecule has 0 radical (unpaired) electrons. The molecule has 0 bridgehead atoms. The van der Waals surface area contributed by atoms with Crippen molar-refractivity contribution < 1.29 is 17.7 Å². The first-order valence-electron chi connectivity index (χ1n) is 5.19. The SMILES string of the molecule is CC(F)c1cc(F)c(F)c(-c2noc(CN)n2)c1. The molecule has 2 rings (SSSR count). The maximum Gasteiger partial charge on any atom is 0.240 e. The van der Waals surface area contributed by atoms with Gasteiger partial charge in [-0.3, -0.25) is 0 Å². The highest BCUT2D eigenvalue weighted by molar-refractivity contribution is 5.57. The van der Waals surface area contributed by atoms with Crippen LogP contribution < -0.4 is 5.73 Å². The molecule has 0 aliphatic rings. The fraction of sp³-hybridized carbons (Fsp3) is 0.273. The number of alkyl halides is 1. The van der Waals surface area contributed by atoms with Gasteiger partial charge in [-0.15, -0.1) is 0 Å². The van der Waals surface area contributed by atoms with Gasteiger partial charge in [0.15, 0.2) is 11.6 Å². The lowest BCUT2D eigenvalue weighted by Crippen LogP contribution is -1.98. The van der Waals surface area contributed by atoms with E-state index in [4.69, 9.17) is 10.3 Å². The van der Waals surface area contributed by atoms with E-state index in [0.717, 1.165) is 12.1 Å². The van der Waals surface area contributed by atoms with E-state index in [1.165, 1.54) is 6.92 Å². The first kappa shape index (κ1) is 12.6. The summed E-state index contributed by atoms with van der Waals surface area (Å²) in [5.74, 6) is -2.38. The van der Waals surface area contributed by atoms with E-state index in [1.807, 2.05) is 0 Å². The number of nitrogens with zero attached hydrogens (tertiary/aromatic N) is 2. The van der Waals surface area contributed by atoms with Crippen LogP contribution in [0.25, 0.3) is 11.4 Å². The normalized spacial score (nSPS) is 12.7. The van der Waals surface area contributed by atoms with E-state index in [2.05, 4.69) is 10.1 Å². The Morgan fingerprint density at radius 1 is 1.39 bits per heavy atom. The van der Waals surface area contributed by atoms with Gasteiger partial charge in [-0.25, -0.2) is 13.2 Å². The van der Waals surface area contributed by atoms with Crippen LogP contribution in [0.2, 0.25) is 0 Å². The van der Waals surface area contributed by atoms with Crippen molar-refractivity contribution in [3.8, 4) is 11.4 Å². The fourth-order valence-electron chi connectivity index (χ4n) is 1.45. The van der Waals surface area contributed by atoms with Crippen LogP contribution in [0, 0.1) is 11.6 Å². The molecule has 96 valence electrons. The summed E-state index contributed by atoms with van der Waals surface area (Å²) in [6.07, 6.45) is -1.43. The maximum absolute atomic E-state index is 13.6. The van der Waals surface area contributed by atoms with Gasteiger partial charge in [-0.05, 0) is 24.6 Å². The molecule has 1 unspecified atom stereocenters. The number of rotatable bonds is 3. The lowest BCUT2D eigenvalue weighted by Gasteiger charge is -2.06. The molecular formula is C11H10F3N3O. The van der Waals surface area contributed by atoms with Crippen molar-refractivity contribution in [1.29, 1.82) is 0 Å². The molecule has 0 spiro atoms. The van der Waals surface area contributed by atoms with Crippen LogP contribution in [-0.4, -0.2) is 10.1 Å². The highest BCUT2D eigenvalue weighted by atomic mass is 19.2. The monoisotopic (exact) mass is 257 g/mol. The first-order valence-corrected chi connectivity index (χ1v) is 5.19. The molecule has 1 atom stereocenters. The van der Waals surface area contributed by atoms with Gasteiger partial charge in [0, 0.05) is 0 Å². The lowest BCUT2D eigenvalue weighted by molar-refractivity contribution is 0.371. The van der Waals surface area contributed by atoms with Gasteiger partial charge in [0.25, 0.3) is 0 Å². The van der Waals surface area contributed by atoms with Gasteiger partial charge in [-0.2, -0.15) is 4.98 Å². The molecule has 2 N–H and O–H groups in total. The summed E-state index contributed by atoms with van der Waals surface area (Å²) < 4.78 is 44.7. The summed E-state index contributed by atoms with van der Waals surface area (Å²) in [6.45, 7) is 1.20. The Labute approximate surface area is 101 Å². The van der Waals surface area contributed by atoms with Gasteiger partial charge in [-0.1, -0.05) is 5.16 Å². The van der Waals surface area contributed by atoms with Crippen LogP contribution in [0.1, 0.15) is 24.5 Å². The molecule has 1 aromatic carbocycles. The van der Waals surface area contributed by atoms with E-state index >= 15 is 0 Å². The molecule has 0 saturated carbocycles. The lowest BCUT2D eigenvalue weighted by atomic mass is 10.1.